The number of benzene rings is 1. The first-order valence-corrected chi connectivity index (χ1v) is 6.47. The molecule has 1 aromatic carbocycles. The van der Waals surface area contributed by atoms with Crippen LogP contribution in [-0.4, -0.2) is 48.8 Å². The van der Waals surface area contributed by atoms with Crippen LogP contribution in [0.15, 0.2) is 12.1 Å². The molecule has 20 heavy (non-hydrogen) atoms. The molecule has 1 amide bonds. The van der Waals surface area contributed by atoms with Crippen molar-refractivity contribution in [1.29, 1.82) is 0 Å². The molecule has 0 radical (unpaired) electrons. The van der Waals surface area contributed by atoms with Crippen molar-refractivity contribution in [2.45, 2.75) is 18.9 Å². The van der Waals surface area contributed by atoms with E-state index in [-0.39, 0.29) is 11.6 Å². The molecule has 0 aromatic heterocycles. The number of nitrogen functional groups attached to an aromatic ring is 1. The zero-order valence-electron chi connectivity index (χ0n) is 12.0. The van der Waals surface area contributed by atoms with Crippen molar-refractivity contribution in [1.82, 2.24) is 4.90 Å². The Hall–Kier alpha value is -1.95. The van der Waals surface area contributed by atoms with E-state index in [0.29, 0.717) is 36.6 Å². The third-order valence-corrected chi connectivity index (χ3v) is 3.72. The smallest absolute Gasteiger partial charge is 0.256 e. The molecule has 2 rings (SSSR count). The van der Waals surface area contributed by atoms with Crippen molar-refractivity contribution in [2.24, 2.45) is 0 Å². The number of hydrogen-bond acceptors (Lipinski definition) is 5. The number of aliphatic hydroxyl groups is 1. The molecule has 0 saturated carbocycles. The number of β-amino-alcohol motifs (C(OH)–C–C–N with tert-alkyl or cyclic N) is 1. The van der Waals surface area contributed by atoms with Crippen molar-refractivity contribution in [3.63, 3.8) is 0 Å². The molecule has 6 heteroatoms. The van der Waals surface area contributed by atoms with Crippen LogP contribution in [-0.2, 0) is 0 Å². The Morgan fingerprint density at radius 2 is 2.05 bits per heavy atom. The number of ether oxygens (including phenoxy) is 2. The van der Waals surface area contributed by atoms with Crippen LogP contribution in [0.2, 0.25) is 0 Å². The molecule has 1 aliphatic heterocycles. The van der Waals surface area contributed by atoms with Crippen LogP contribution in [0.25, 0.3) is 0 Å². The van der Waals surface area contributed by atoms with Gasteiger partial charge in [-0.05, 0) is 12.5 Å². The molecule has 6 nitrogen and oxygen atoms in total. The number of hydrogen-bond donors (Lipinski definition) is 2. The summed E-state index contributed by atoms with van der Waals surface area (Å²) in [6, 6.07) is 3.22. The summed E-state index contributed by atoms with van der Waals surface area (Å²) in [4.78, 5) is 14.0. The van der Waals surface area contributed by atoms with Crippen molar-refractivity contribution < 1.29 is 19.4 Å². The maximum atomic E-state index is 12.4. The lowest BCUT2D eigenvalue weighted by atomic mass is 9.90. The number of likely N-dealkylation sites (tertiary alicyclic amines) is 1. The lowest BCUT2D eigenvalue weighted by Crippen LogP contribution is -2.63. The Bertz CT molecular complexity index is 524. The molecule has 1 aliphatic rings. The minimum absolute atomic E-state index is 0.224. The number of nitrogens with zero attached hydrogens (tertiary/aromatic N) is 1. The predicted octanol–water partition coefficient (Wildman–Crippen LogP) is 0.883. The van der Waals surface area contributed by atoms with Gasteiger partial charge in [0.25, 0.3) is 5.91 Å². The largest absolute Gasteiger partial charge is 0.497 e. The second kappa shape index (κ2) is 5.20. The Balaban J connectivity index is 2.26. The number of methoxy groups -OCH3 is 2. The third kappa shape index (κ3) is 2.38. The Kier molecular flexibility index (Phi) is 3.76. The highest BCUT2D eigenvalue weighted by molar-refractivity contribution is 6.01. The van der Waals surface area contributed by atoms with Crippen LogP contribution >= 0.6 is 0 Å². The van der Waals surface area contributed by atoms with Gasteiger partial charge in [0.15, 0.2) is 0 Å². The van der Waals surface area contributed by atoms with E-state index < -0.39 is 5.60 Å². The fraction of sp³-hybridized carbons (Fsp3) is 0.500. The molecule has 0 bridgehead atoms. The second-order valence-corrected chi connectivity index (χ2v) is 5.03. The van der Waals surface area contributed by atoms with Gasteiger partial charge in [0, 0.05) is 6.07 Å². The lowest BCUT2D eigenvalue weighted by Gasteiger charge is -2.46. The highest BCUT2D eigenvalue weighted by Crippen LogP contribution is 2.34. The number of amides is 1. The summed E-state index contributed by atoms with van der Waals surface area (Å²) >= 11 is 0. The number of carbonyl (C=O) groups is 1. The summed E-state index contributed by atoms with van der Waals surface area (Å²) in [5.74, 6) is 0.683. The third-order valence-electron chi connectivity index (χ3n) is 3.72. The molecule has 3 N–H and O–H groups in total. The van der Waals surface area contributed by atoms with E-state index in [9.17, 15) is 9.90 Å². The maximum Gasteiger partial charge on any atom is 0.256 e. The minimum atomic E-state index is -0.770. The van der Waals surface area contributed by atoms with Gasteiger partial charge in [0.1, 0.15) is 11.5 Å². The summed E-state index contributed by atoms with van der Waals surface area (Å²) in [6.07, 6.45) is 0.619. The van der Waals surface area contributed by atoms with Crippen molar-refractivity contribution in [3.8, 4) is 11.5 Å². The molecule has 0 atom stereocenters. The van der Waals surface area contributed by atoms with Gasteiger partial charge >= 0.3 is 0 Å². The first kappa shape index (κ1) is 14.5. The van der Waals surface area contributed by atoms with Gasteiger partial charge in [-0.25, -0.2) is 0 Å². The highest BCUT2D eigenvalue weighted by atomic mass is 16.5. The first-order chi connectivity index (χ1) is 9.44. The molecule has 110 valence electrons. The summed E-state index contributed by atoms with van der Waals surface area (Å²) in [5.41, 5.74) is 5.79. The van der Waals surface area contributed by atoms with Crippen LogP contribution in [0.3, 0.4) is 0 Å². The number of anilines is 1. The number of carbonyl (C=O) groups excluding carboxylic acids is 1. The minimum Gasteiger partial charge on any atom is -0.497 e. The molecule has 1 fully saturated rings. The van der Waals surface area contributed by atoms with E-state index in [1.54, 1.807) is 17.0 Å². The van der Waals surface area contributed by atoms with E-state index in [2.05, 4.69) is 0 Å². The van der Waals surface area contributed by atoms with Crippen LogP contribution in [0.4, 0.5) is 5.69 Å². The number of nitrogens with two attached hydrogens (primary N) is 1. The Morgan fingerprint density at radius 3 is 2.55 bits per heavy atom. The van der Waals surface area contributed by atoms with Gasteiger partial charge in [-0.15, -0.1) is 0 Å². The standard InChI is InChI=1S/C14H20N2O4/c1-4-14(18)7-16(8-14)13(17)10-5-9(19-2)6-11(20-3)12(10)15/h5-6,18H,4,7-8,15H2,1-3H3. The molecule has 1 aromatic rings. The zero-order valence-corrected chi connectivity index (χ0v) is 12.0. The number of rotatable bonds is 4. The first-order valence-electron chi connectivity index (χ1n) is 6.47. The average molecular weight is 280 g/mol. The van der Waals surface area contributed by atoms with E-state index >= 15 is 0 Å². The summed E-state index contributed by atoms with van der Waals surface area (Å²) in [6.45, 7) is 2.54. The van der Waals surface area contributed by atoms with Crippen LogP contribution in [0.1, 0.15) is 23.7 Å². The predicted molar refractivity (Wildman–Crippen MR) is 75.1 cm³/mol. The molecule has 0 spiro atoms. The van der Waals surface area contributed by atoms with Gasteiger partial charge in [-0.1, -0.05) is 6.92 Å². The van der Waals surface area contributed by atoms with E-state index in [0.717, 1.165) is 0 Å². The van der Waals surface area contributed by atoms with Crippen molar-refractivity contribution >= 4 is 11.6 Å². The van der Waals surface area contributed by atoms with Gasteiger partial charge in [0.05, 0.1) is 44.2 Å². The fourth-order valence-electron chi connectivity index (χ4n) is 2.27. The van der Waals surface area contributed by atoms with E-state index in [1.807, 2.05) is 6.92 Å². The summed E-state index contributed by atoms with van der Waals surface area (Å²) in [5, 5.41) is 9.98. The van der Waals surface area contributed by atoms with Crippen LogP contribution < -0.4 is 15.2 Å². The summed E-state index contributed by atoms with van der Waals surface area (Å²) < 4.78 is 10.3. The van der Waals surface area contributed by atoms with Gasteiger partial charge in [0.2, 0.25) is 0 Å². The molecular weight excluding hydrogens is 260 g/mol. The molecular formula is C14H20N2O4. The van der Waals surface area contributed by atoms with Gasteiger partial charge < -0.3 is 25.2 Å². The Labute approximate surface area is 118 Å². The fourth-order valence-corrected chi connectivity index (χ4v) is 2.27. The maximum absolute atomic E-state index is 12.4. The Morgan fingerprint density at radius 1 is 1.40 bits per heavy atom. The quantitative estimate of drug-likeness (QED) is 0.800. The van der Waals surface area contributed by atoms with Gasteiger partial charge in [-0.2, -0.15) is 0 Å². The van der Waals surface area contributed by atoms with Gasteiger partial charge in [-0.3, -0.25) is 4.79 Å². The molecule has 1 saturated heterocycles. The topological polar surface area (TPSA) is 85.0 Å². The highest BCUT2D eigenvalue weighted by Gasteiger charge is 2.42. The summed E-state index contributed by atoms with van der Waals surface area (Å²) in [7, 11) is 3.00. The normalized spacial score (nSPS) is 16.5. The lowest BCUT2D eigenvalue weighted by molar-refractivity contribution is -0.0826. The van der Waals surface area contributed by atoms with E-state index in [4.69, 9.17) is 15.2 Å². The van der Waals surface area contributed by atoms with Crippen molar-refractivity contribution in [2.75, 3.05) is 33.0 Å². The molecule has 0 unspecified atom stereocenters. The van der Waals surface area contributed by atoms with E-state index in [1.165, 1.54) is 14.2 Å². The molecule has 0 aliphatic carbocycles. The second-order valence-electron chi connectivity index (χ2n) is 5.03. The van der Waals surface area contributed by atoms with Crippen molar-refractivity contribution in [3.05, 3.63) is 17.7 Å². The van der Waals surface area contributed by atoms with Crippen LogP contribution in [0.5, 0.6) is 11.5 Å². The zero-order chi connectivity index (χ0) is 14.9. The molecule has 1 heterocycles. The van der Waals surface area contributed by atoms with Crippen LogP contribution in [0, 0.1) is 0 Å². The SMILES string of the molecule is CCC1(O)CN(C(=O)c2cc(OC)cc(OC)c2N)C1. The average Bonchev–Trinajstić information content (AvgIpc) is 2.43. The monoisotopic (exact) mass is 280 g/mol.